The van der Waals surface area contributed by atoms with E-state index >= 15 is 0 Å². The number of fused-ring (bicyclic) bond motifs is 1. The molecule has 0 bridgehead atoms. The summed E-state index contributed by atoms with van der Waals surface area (Å²) in [5.74, 6) is 1.88. The number of pyridine rings is 1. The Morgan fingerprint density at radius 1 is 1.25 bits per heavy atom. The number of aromatic nitrogens is 6. The van der Waals surface area contributed by atoms with Crippen LogP contribution in [-0.2, 0) is 7.05 Å². The van der Waals surface area contributed by atoms with Gasteiger partial charge in [0.25, 0.3) is 0 Å². The molecule has 0 aliphatic carbocycles. The summed E-state index contributed by atoms with van der Waals surface area (Å²) in [5.41, 5.74) is 3.46. The summed E-state index contributed by atoms with van der Waals surface area (Å²) in [5, 5.41) is 29.3. The van der Waals surface area contributed by atoms with Gasteiger partial charge in [-0.2, -0.15) is 15.3 Å². The van der Waals surface area contributed by atoms with Crippen molar-refractivity contribution < 1.29 is 14.6 Å². The molecule has 5 heterocycles. The van der Waals surface area contributed by atoms with Crippen molar-refractivity contribution in [1.82, 2.24) is 34.5 Å². The SMILES string of the molecule is Cc1ccc(Nc2cc3cc(-c4c(OC[C@H]5CCN5C(=O)O)cnn4C)ccn3n2)nn1. The number of hydrogen-bond donors (Lipinski definition) is 2. The monoisotopic (exact) mass is 434 g/mol. The molecule has 2 N–H and O–H groups in total. The lowest BCUT2D eigenvalue weighted by atomic mass is 10.1. The van der Waals surface area contributed by atoms with E-state index in [1.165, 1.54) is 4.90 Å². The highest BCUT2D eigenvalue weighted by molar-refractivity contribution is 5.72. The number of hydrogen-bond acceptors (Lipinski definition) is 7. The van der Waals surface area contributed by atoms with E-state index in [4.69, 9.17) is 4.74 Å². The highest BCUT2D eigenvalue weighted by Gasteiger charge is 2.32. The maximum absolute atomic E-state index is 11.2. The fourth-order valence-corrected chi connectivity index (χ4v) is 3.70. The van der Waals surface area contributed by atoms with Gasteiger partial charge in [-0.1, -0.05) is 0 Å². The van der Waals surface area contributed by atoms with Crippen LogP contribution >= 0.6 is 0 Å². The van der Waals surface area contributed by atoms with Crippen molar-refractivity contribution in [1.29, 1.82) is 0 Å². The van der Waals surface area contributed by atoms with E-state index in [-0.39, 0.29) is 6.04 Å². The molecular formula is C21H22N8O3. The Morgan fingerprint density at radius 3 is 2.84 bits per heavy atom. The third kappa shape index (κ3) is 3.68. The number of likely N-dealkylation sites (tertiary alicyclic amines) is 1. The van der Waals surface area contributed by atoms with Crippen LogP contribution in [0.1, 0.15) is 12.1 Å². The van der Waals surface area contributed by atoms with E-state index in [0.29, 0.717) is 30.5 Å². The van der Waals surface area contributed by atoms with E-state index in [2.05, 4.69) is 25.7 Å². The summed E-state index contributed by atoms with van der Waals surface area (Å²) < 4.78 is 9.48. The first-order chi connectivity index (χ1) is 15.5. The first-order valence-electron chi connectivity index (χ1n) is 10.2. The van der Waals surface area contributed by atoms with Crippen molar-refractivity contribution in [3.63, 3.8) is 0 Å². The Morgan fingerprint density at radius 2 is 2.12 bits per heavy atom. The number of nitrogens with zero attached hydrogens (tertiary/aromatic N) is 7. The zero-order valence-corrected chi connectivity index (χ0v) is 17.6. The Labute approximate surface area is 183 Å². The highest BCUT2D eigenvalue weighted by atomic mass is 16.5. The number of ether oxygens (including phenoxy) is 1. The lowest BCUT2D eigenvalue weighted by molar-refractivity contribution is 0.0501. The lowest BCUT2D eigenvalue weighted by Gasteiger charge is -2.38. The fraction of sp³-hybridized carbons (Fsp3) is 0.286. The molecule has 4 aromatic heterocycles. The average molecular weight is 434 g/mol. The van der Waals surface area contributed by atoms with Gasteiger partial charge < -0.3 is 20.1 Å². The number of rotatable bonds is 6. The zero-order chi connectivity index (χ0) is 22.2. The molecule has 4 aromatic rings. The van der Waals surface area contributed by atoms with Crippen LogP contribution in [0.2, 0.25) is 0 Å². The molecule has 1 fully saturated rings. The standard InChI is InChI=1S/C21H22N8O3/c1-13-3-4-18(25-24-13)23-19-10-16-9-14(5-8-29(16)26-19)20-17(11-22-27(20)2)32-12-15-6-7-28(15)21(30)31/h3-5,8-11,15H,6-7,12H2,1-2H3,(H,30,31)(H,23,25,26)/t15-/m1/s1. The number of nitrogens with one attached hydrogen (secondary N) is 1. The number of anilines is 2. The van der Waals surface area contributed by atoms with Crippen LogP contribution < -0.4 is 10.1 Å². The van der Waals surface area contributed by atoms with Gasteiger partial charge in [0.05, 0.1) is 23.4 Å². The molecule has 0 aromatic carbocycles. The molecule has 164 valence electrons. The van der Waals surface area contributed by atoms with Crippen LogP contribution in [0.4, 0.5) is 16.4 Å². The van der Waals surface area contributed by atoms with Gasteiger partial charge in [0.2, 0.25) is 0 Å². The van der Waals surface area contributed by atoms with Crippen LogP contribution in [0.3, 0.4) is 0 Å². The largest absolute Gasteiger partial charge is 0.487 e. The molecule has 1 saturated heterocycles. The van der Waals surface area contributed by atoms with E-state index < -0.39 is 6.09 Å². The molecule has 0 radical (unpaired) electrons. The zero-order valence-electron chi connectivity index (χ0n) is 17.6. The van der Waals surface area contributed by atoms with Gasteiger partial charge in [0.1, 0.15) is 12.3 Å². The summed E-state index contributed by atoms with van der Waals surface area (Å²) in [6, 6.07) is 9.46. The quantitative estimate of drug-likeness (QED) is 0.475. The van der Waals surface area contributed by atoms with Crippen molar-refractivity contribution in [3.05, 3.63) is 48.4 Å². The van der Waals surface area contributed by atoms with E-state index in [9.17, 15) is 9.90 Å². The number of carboxylic acid groups (broad SMARTS) is 1. The highest BCUT2D eigenvalue weighted by Crippen LogP contribution is 2.31. The second kappa shape index (κ2) is 7.84. The minimum atomic E-state index is -0.913. The Bertz CT molecular complexity index is 1280. The van der Waals surface area contributed by atoms with Gasteiger partial charge in [-0.25, -0.2) is 9.31 Å². The lowest BCUT2D eigenvalue weighted by Crippen LogP contribution is -2.53. The molecule has 0 saturated carbocycles. The molecule has 11 heteroatoms. The molecular weight excluding hydrogens is 412 g/mol. The summed E-state index contributed by atoms with van der Waals surface area (Å²) in [7, 11) is 1.85. The van der Waals surface area contributed by atoms with E-state index in [1.807, 2.05) is 50.5 Å². The van der Waals surface area contributed by atoms with Crippen LogP contribution in [0.15, 0.2) is 42.7 Å². The molecule has 1 amide bonds. The topological polar surface area (TPSA) is 123 Å². The van der Waals surface area contributed by atoms with Gasteiger partial charge in [-0.05, 0) is 37.6 Å². The van der Waals surface area contributed by atoms with E-state index in [1.54, 1.807) is 15.4 Å². The number of amides is 1. The Kier molecular flexibility index (Phi) is 4.85. The van der Waals surface area contributed by atoms with Crippen molar-refractivity contribution in [2.75, 3.05) is 18.5 Å². The first-order valence-corrected chi connectivity index (χ1v) is 10.2. The smallest absolute Gasteiger partial charge is 0.407 e. The summed E-state index contributed by atoms with van der Waals surface area (Å²) >= 11 is 0. The van der Waals surface area contributed by atoms with E-state index in [0.717, 1.165) is 28.9 Å². The maximum Gasteiger partial charge on any atom is 0.407 e. The normalized spacial score (nSPS) is 15.6. The first kappa shape index (κ1) is 19.8. The van der Waals surface area contributed by atoms with Crippen molar-refractivity contribution in [2.24, 2.45) is 7.05 Å². The van der Waals surface area contributed by atoms with Gasteiger partial charge >= 0.3 is 6.09 Å². The van der Waals surface area contributed by atoms with Gasteiger partial charge in [-0.3, -0.25) is 4.68 Å². The molecule has 5 rings (SSSR count). The summed E-state index contributed by atoms with van der Waals surface area (Å²) in [6.07, 6.45) is 3.41. The van der Waals surface area contributed by atoms with Crippen LogP contribution in [0.25, 0.3) is 16.8 Å². The van der Waals surface area contributed by atoms with Gasteiger partial charge in [-0.15, -0.1) is 5.10 Å². The van der Waals surface area contributed by atoms with Crippen LogP contribution in [-0.4, -0.2) is 64.9 Å². The van der Waals surface area contributed by atoms with Crippen LogP contribution in [0, 0.1) is 6.92 Å². The van der Waals surface area contributed by atoms with Crippen LogP contribution in [0.5, 0.6) is 5.75 Å². The predicted octanol–water partition coefficient (Wildman–Crippen LogP) is 2.71. The Balaban J connectivity index is 1.37. The Hall–Kier alpha value is -4.15. The summed E-state index contributed by atoms with van der Waals surface area (Å²) in [4.78, 5) is 12.6. The van der Waals surface area contributed by atoms with Crippen molar-refractivity contribution in [3.8, 4) is 17.0 Å². The second-order valence-corrected chi connectivity index (χ2v) is 7.71. The van der Waals surface area contributed by atoms with Crippen molar-refractivity contribution in [2.45, 2.75) is 19.4 Å². The maximum atomic E-state index is 11.2. The second-order valence-electron chi connectivity index (χ2n) is 7.71. The number of aryl methyl sites for hydroxylation is 2. The minimum absolute atomic E-state index is 0.128. The molecule has 1 atom stereocenters. The predicted molar refractivity (Wildman–Crippen MR) is 116 cm³/mol. The summed E-state index contributed by atoms with van der Waals surface area (Å²) in [6.45, 7) is 2.73. The molecule has 0 unspecified atom stereocenters. The molecule has 0 spiro atoms. The van der Waals surface area contributed by atoms with Gasteiger partial charge in [0.15, 0.2) is 17.4 Å². The average Bonchev–Trinajstić information content (AvgIpc) is 3.30. The third-order valence-corrected chi connectivity index (χ3v) is 5.52. The number of carbonyl (C=O) groups is 1. The molecule has 11 nitrogen and oxygen atoms in total. The van der Waals surface area contributed by atoms with Gasteiger partial charge in [0, 0.05) is 31.4 Å². The minimum Gasteiger partial charge on any atom is -0.487 e. The molecule has 1 aliphatic rings. The third-order valence-electron chi connectivity index (χ3n) is 5.52. The fourth-order valence-electron chi connectivity index (χ4n) is 3.70. The van der Waals surface area contributed by atoms with Crippen molar-refractivity contribution >= 4 is 23.2 Å². The molecule has 32 heavy (non-hydrogen) atoms. The molecule has 1 aliphatic heterocycles.